The van der Waals surface area contributed by atoms with Gasteiger partial charge in [-0.15, -0.1) is 0 Å². The minimum absolute atomic E-state index is 0.0582. The van der Waals surface area contributed by atoms with Crippen LogP contribution in [-0.4, -0.2) is 103 Å². The van der Waals surface area contributed by atoms with Crippen LogP contribution in [0.1, 0.15) is 21.5 Å². The average Bonchev–Trinajstić information content (AvgIpc) is 3.07. The Balaban J connectivity index is 0.000000545. The summed E-state index contributed by atoms with van der Waals surface area (Å²) in [7, 11) is 3.95. The molecule has 0 spiro atoms. The number of amides is 1. The molecule has 0 unspecified atom stereocenters. The third-order valence-corrected chi connectivity index (χ3v) is 6.61. The van der Waals surface area contributed by atoms with Crippen molar-refractivity contribution < 1.29 is 74.0 Å². The van der Waals surface area contributed by atoms with Gasteiger partial charge in [0, 0.05) is 64.6 Å². The van der Waals surface area contributed by atoms with Crippen LogP contribution in [0, 0.1) is 0 Å². The van der Waals surface area contributed by atoms with Crippen molar-refractivity contribution >= 4 is 29.5 Å². The van der Waals surface area contributed by atoms with E-state index in [2.05, 4.69) is 64.1 Å². The number of carbonyl (C=O) groups is 4. The van der Waals surface area contributed by atoms with E-state index in [4.69, 9.17) is 29.7 Å². The third-order valence-electron chi connectivity index (χ3n) is 6.61. The Bertz CT molecular complexity index is 1600. The van der Waals surface area contributed by atoms with Crippen LogP contribution < -0.4 is 15.5 Å². The number of nitrogens with zero attached hydrogens (tertiary/aromatic N) is 2. The largest absolute Gasteiger partial charge is 0.490 e. The molecule has 11 nitrogen and oxygen atoms in total. The lowest BCUT2D eigenvalue weighted by Crippen LogP contribution is -2.42. The van der Waals surface area contributed by atoms with E-state index in [1.165, 1.54) is 16.7 Å². The third kappa shape index (κ3) is 18.1. The van der Waals surface area contributed by atoms with Gasteiger partial charge in [0.25, 0.3) is 5.91 Å². The lowest BCUT2D eigenvalue weighted by molar-refractivity contribution is -0.193. The molecule has 0 atom stereocenters. The Morgan fingerprint density at radius 1 is 0.679 bits per heavy atom. The summed E-state index contributed by atoms with van der Waals surface area (Å²) in [6.45, 7) is 5.80. The molecule has 0 saturated carbocycles. The van der Waals surface area contributed by atoms with Gasteiger partial charge in [-0.3, -0.25) is 9.69 Å². The first-order chi connectivity index (χ1) is 24.4. The molecular formula is C33H35F9N4O7. The molecule has 53 heavy (non-hydrogen) atoms. The van der Waals surface area contributed by atoms with Gasteiger partial charge >= 0.3 is 36.4 Å². The molecule has 1 amide bonds. The van der Waals surface area contributed by atoms with Crippen LogP contribution in [0.2, 0.25) is 0 Å². The van der Waals surface area contributed by atoms with Crippen molar-refractivity contribution in [3.8, 4) is 11.1 Å². The molecule has 1 fully saturated rings. The van der Waals surface area contributed by atoms with Gasteiger partial charge in [-0.1, -0.05) is 42.5 Å². The molecule has 1 saturated heterocycles. The number of carboxylic acids is 3. The lowest BCUT2D eigenvalue weighted by atomic mass is 10.0. The number of halogens is 9. The molecular weight excluding hydrogens is 735 g/mol. The smallest absolute Gasteiger partial charge is 0.475 e. The Hall–Kier alpha value is -5.37. The van der Waals surface area contributed by atoms with Crippen LogP contribution >= 0.6 is 0 Å². The highest BCUT2D eigenvalue weighted by atomic mass is 19.4. The van der Waals surface area contributed by atoms with Crippen molar-refractivity contribution in [3.05, 3.63) is 89.5 Å². The van der Waals surface area contributed by atoms with Crippen molar-refractivity contribution in [2.24, 2.45) is 0 Å². The number of hydrogen-bond donors (Lipinski definition) is 5. The average molecular weight is 771 g/mol. The Morgan fingerprint density at radius 3 is 1.53 bits per heavy atom. The van der Waals surface area contributed by atoms with Crippen LogP contribution in [0.3, 0.4) is 0 Å². The molecule has 0 aliphatic carbocycles. The normalized spacial score (nSPS) is 13.0. The fraction of sp³-hybridized carbons (Fsp3) is 0.333. The SMILES string of the molecule is CN(C)c1cccc(C(=O)NCc2cccc(-c3cccc(CN4CCNCC4)c3)c2)c1.O=C(O)C(F)(F)F.O=C(O)C(F)(F)F.O=C(O)C(F)(F)F. The molecule has 0 bridgehead atoms. The molecule has 1 aliphatic heterocycles. The quantitative estimate of drug-likeness (QED) is 0.190. The number of alkyl halides is 9. The first kappa shape index (κ1) is 45.7. The number of carboxylic acid groups (broad SMARTS) is 3. The molecule has 5 N–H and O–H groups in total. The zero-order valence-corrected chi connectivity index (χ0v) is 27.9. The molecule has 20 heteroatoms. The molecule has 3 aromatic rings. The standard InChI is InChI=1S/C27H32N4O.3C2HF3O2/c1-30(2)26-11-5-10-25(18-26)27(32)29-19-21-6-3-8-23(16-21)24-9-4-7-22(17-24)20-31-14-12-28-13-15-31;3*3-2(4,5)1(6)7/h3-11,16-18,28H,12-15,19-20H2,1-2H3,(H,29,32);3*(H,6,7). The van der Waals surface area contributed by atoms with Gasteiger partial charge in [0.2, 0.25) is 0 Å². The van der Waals surface area contributed by atoms with E-state index in [0.29, 0.717) is 12.1 Å². The number of anilines is 1. The second kappa shape index (κ2) is 20.6. The summed E-state index contributed by atoms with van der Waals surface area (Å²) < 4.78 is 95.2. The van der Waals surface area contributed by atoms with Crippen molar-refractivity contribution in [1.29, 1.82) is 0 Å². The van der Waals surface area contributed by atoms with Gasteiger partial charge in [-0.2, -0.15) is 39.5 Å². The zero-order valence-electron chi connectivity index (χ0n) is 27.9. The summed E-state index contributed by atoms with van der Waals surface area (Å²) in [5.74, 6) is -8.33. The fourth-order valence-electron chi connectivity index (χ4n) is 4.05. The predicted molar refractivity (Wildman–Crippen MR) is 173 cm³/mol. The summed E-state index contributed by atoms with van der Waals surface area (Å²) in [6.07, 6.45) is -15.3. The monoisotopic (exact) mass is 770 g/mol. The number of rotatable bonds is 7. The van der Waals surface area contributed by atoms with Gasteiger partial charge in [0.1, 0.15) is 0 Å². The van der Waals surface area contributed by atoms with E-state index in [0.717, 1.165) is 44.0 Å². The molecule has 0 aromatic heterocycles. The van der Waals surface area contributed by atoms with E-state index in [9.17, 15) is 44.3 Å². The van der Waals surface area contributed by atoms with Gasteiger partial charge in [0.05, 0.1) is 0 Å². The highest BCUT2D eigenvalue weighted by Gasteiger charge is 2.39. The number of carbonyl (C=O) groups excluding carboxylic acids is 1. The number of hydrogen-bond acceptors (Lipinski definition) is 7. The summed E-state index contributed by atoms with van der Waals surface area (Å²) in [5.41, 5.74) is 6.50. The zero-order chi connectivity index (χ0) is 40.6. The molecule has 4 rings (SSSR count). The van der Waals surface area contributed by atoms with Crippen LogP contribution in [0.5, 0.6) is 0 Å². The number of piperazine rings is 1. The molecule has 0 radical (unpaired) electrons. The summed E-state index contributed by atoms with van der Waals surface area (Å²) in [5, 5.41) is 27.8. The molecule has 292 valence electrons. The Kier molecular flexibility index (Phi) is 17.8. The maximum atomic E-state index is 12.6. The second-order valence-corrected chi connectivity index (χ2v) is 11.0. The van der Waals surface area contributed by atoms with Crippen LogP contribution in [0.25, 0.3) is 11.1 Å². The molecule has 3 aromatic carbocycles. The molecule has 1 heterocycles. The van der Waals surface area contributed by atoms with Crippen molar-refractivity contribution in [1.82, 2.24) is 15.5 Å². The number of benzene rings is 3. The van der Waals surface area contributed by atoms with E-state index >= 15 is 0 Å². The minimum Gasteiger partial charge on any atom is -0.475 e. The first-order valence-corrected chi connectivity index (χ1v) is 15.0. The predicted octanol–water partition coefficient (Wildman–Crippen LogP) is 5.65. The van der Waals surface area contributed by atoms with Gasteiger partial charge in [-0.05, 0) is 52.6 Å². The van der Waals surface area contributed by atoms with Crippen molar-refractivity contribution in [2.75, 3.05) is 45.2 Å². The maximum Gasteiger partial charge on any atom is 0.490 e. The van der Waals surface area contributed by atoms with Gasteiger partial charge in [-0.25, -0.2) is 14.4 Å². The Morgan fingerprint density at radius 2 is 1.09 bits per heavy atom. The van der Waals surface area contributed by atoms with E-state index in [1.54, 1.807) is 0 Å². The van der Waals surface area contributed by atoms with E-state index in [-0.39, 0.29) is 5.91 Å². The van der Waals surface area contributed by atoms with Crippen LogP contribution in [-0.2, 0) is 27.5 Å². The topological polar surface area (TPSA) is 160 Å². The Labute approximate surface area is 296 Å². The summed E-state index contributed by atoms with van der Waals surface area (Å²) in [4.78, 5) is 43.8. The van der Waals surface area contributed by atoms with Gasteiger partial charge in [0.15, 0.2) is 0 Å². The number of nitrogens with one attached hydrogen (secondary N) is 2. The van der Waals surface area contributed by atoms with Crippen LogP contribution in [0.4, 0.5) is 45.2 Å². The van der Waals surface area contributed by atoms with Crippen molar-refractivity contribution in [2.45, 2.75) is 31.6 Å². The van der Waals surface area contributed by atoms with Crippen molar-refractivity contribution in [3.63, 3.8) is 0 Å². The van der Waals surface area contributed by atoms with Gasteiger partial charge < -0.3 is 30.9 Å². The second-order valence-electron chi connectivity index (χ2n) is 11.0. The summed E-state index contributed by atoms with van der Waals surface area (Å²) in [6, 6.07) is 24.9. The van der Waals surface area contributed by atoms with E-state index in [1.807, 2.05) is 43.3 Å². The number of aliphatic carboxylic acids is 3. The highest BCUT2D eigenvalue weighted by Crippen LogP contribution is 2.23. The maximum absolute atomic E-state index is 12.6. The molecule has 1 aliphatic rings. The minimum atomic E-state index is -5.08. The van der Waals surface area contributed by atoms with Crippen LogP contribution in [0.15, 0.2) is 72.8 Å². The lowest BCUT2D eigenvalue weighted by Gasteiger charge is -2.27. The summed E-state index contributed by atoms with van der Waals surface area (Å²) >= 11 is 0. The fourth-order valence-corrected chi connectivity index (χ4v) is 4.05. The van der Waals surface area contributed by atoms with E-state index < -0.39 is 36.4 Å². The highest BCUT2D eigenvalue weighted by molar-refractivity contribution is 5.95. The first-order valence-electron chi connectivity index (χ1n) is 15.0.